The molecule has 1 aromatic heterocycles. The monoisotopic (exact) mass is 361 g/mol. The maximum absolute atomic E-state index is 12.5. The van der Waals surface area contributed by atoms with E-state index in [2.05, 4.69) is 0 Å². The first kappa shape index (κ1) is 16.6. The van der Waals surface area contributed by atoms with E-state index in [0.29, 0.717) is 26.6 Å². The molecular weight excluding hydrogens is 349 g/mol. The Labute approximate surface area is 147 Å². The van der Waals surface area contributed by atoms with Crippen LogP contribution < -0.4 is 11.2 Å². The number of nitrogens with two attached hydrogens (primary N) is 1. The molecule has 6 heteroatoms. The van der Waals surface area contributed by atoms with Crippen LogP contribution in [0, 0.1) is 13.8 Å². The second-order valence-electron chi connectivity index (χ2n) is 5.54. The molecule has 0 aliphatic rings. The van der Waals surface area contributed by atoms with Gasteiger partial charge in [-0.3, -0.25) is 9.59 Å². The highest BCUT2D eigenvalue weighted by molar-refractivity contribution is 6.42. The Morgan fingerprint density at radius 1 is 1.08 bits per heavy atom. The summed E-state index contributed by atoms with van der Waals surface area (Å²) in [5.41, 5.74) is 7.69. The topological polar surface area (TPSA) is 73.3 Å². The summed E-state index contributed by atoms with van der Waals surface area (Å²) >= 11 is 11.9. The summed E-state index contributed by atoms with van der Waals surface area (Å²) in [5, 5.41) is 1.05. The van der Waals surface area contributed by atoms with E-state index in [0.717, 1.165) is 5.56 Å². The van der Waals surface area contributed by atoms with Crippen LogP contribution in [0.4, 0.5) is 0 Å². The van der Waals surface area contributed by atoms with Gasteiger partial charge in [-0.15, -0.1) is 0 Å². The quantitative estimate of drug-likeness (QED) is 0.730. The zero-order valence-corrected chi connectivity index (χ0v) is 14.5. The van der Waals surface area contributed by atoms with Crippen LogP contribution >= 0.6 is 23.2 Å². The molecule has 0 unspecified atom stereocenters. The molecule has 0 saturated carbocycles. The fourth-order valence-electron chi connectivity index (χ4n) is 2.61. The van der Waals surface area contributed by atoms with Crippen LogP contribution in [-0.2, 0) is 0 Å². The standard InChI is InChI=1S/C18H13Cl2NO3/c1-8-5-11-14(22)7-15(10-3-4-12(19)13(20)6-10)24-17(11)16(9(8)2)18(21)23/h3-7H,1-2H3,(H2,21,23). The Hall–Kier alpha value is -2.30. The summed E-state index contributed by atoms with van der Waals surface area (Å²) in [6, 6.07) is 7.95. The number of hydrogen-bond donors (Lipinski definition) is 1. The molecule has 0 aliphatic heterocycles. The number of primary amides is 1. The van der Waals surface area contributed by atoms with Gasteiger partial charge in [-0.05, 0) is 49.2 Å². The molecule has 0 fully saturated rings. The number of benzene rings is 2. The highest BCUT2D eigenvalue weighted by Crippen LogP contribution is 2.31. The first-order valence-electron chi connectivity index (χ1n) is 7.13. The largest absolute Gasteiger partial charge is 0.455 e. The molecule has 2 aromatic carbocycles. The Balaban J connectivity index is 2.39. The highest BCUT2D eigenvalue weighted by Gasteiger charge is 2.18. The third-order valence-corrected chi connectivity index (χ3v) is 4.73. The van der Waals surface area contributed by atoms with Crippen LogP contribution in [0.3, 0.4) is 0 Å². The van der Waals surface area contributed by atoms with E-state index < -0.39 is 5.91 Å². The third-order valence-electron chi connectivity index (χ3n) is 3.99. The number of amides is 1. The Morgan fingerprint density at radius 2 is 1.79 bits per heavy atom. The fraction of sp³-hybridized carbons (Fsp3) is 0.111. The summed E-state index contributed by atoms with van der Waals surface area (Å²) in [6.45, 7) is 3.58. The van der Waals surface area contributed by atoms with Crippen molar-refractivity contribution >= 4 is 40.1 Å². The van der Waals surface area contributed by atoms with Gasteiger partial charge >= 0.3 is 0 Å². The van der Waals surface area contributed by atoms with Gasteiger partial charge in [0.25, 0.3) is 5.91 Å². The van der Waals surface area contributed by atoms with E-state index >= 15 is 0 Å². The minimum Gasteiger partial charge on any atom is -0.455 e. The molecule has 0 aliphatic carbocycles. The summed E-state index contributed by atoms with van der Waals surface area (Å²) in [5.74, 6) is -0.354. The van der Waals surface area contributed by atoms with Gasteiger partial charge in [-0.25, -0.2) is 0 Å². The molecule has 0 radical (unpaired) electrons. The molecule has 2 N–H and O–H groups in total. The first-order valence-corrected chi connectivity index (χ1v) is 7.88. The van der Waals surface area contributed by atoms with Gasteiger partial charge in [-0.2, -0.15) is 0 Å². The first-order chi connectivity index (χ1) is 11.3. The second kappa shape index (κ2) is 5.96. The number of aryl methyl sites for hydroxylation is 1. The minimum atomic E-state index is -0.643. The van der Waals surface area contributed by atoms with Crippen molar-refractivity contribution in [2.45, 2.75) is 13.8 Å². The van der Waals surface area contributed by atoms with Crippen molar-refractivity contribution < 1.29 is 9.21 Å². The van der Waals surface area contributed by atoms with Crippen molar-refractivity contribution in [1.82, 2.24) is 0 Å². The average molecular weight is 362 g/mol. The van der Waals surface area contributed by atoms with Gasteiger partial charge in [0.05, 0.1) is 21.0 Å². The maximum Gasteiger partial charge on any atom is 0.252 e. The lowest BCUT2D eigenvalue weighted by Crippen LogP contribution is -2.16. The Morgan fingerprint density at radius 3 is 2.42 bits per heavy atom. The van der Waals surface area contributed by atoms with Crippen molar-refractivity contribution in [3.05, 3.63) is 67.3 Å². The Kier molecular flexibility index (Phi) is 4.11. The lowest BCUT2D eigenvalue weighted by Gasteiger charge is -2.11. The zero-order chi connectivity index (χ0) is 17.6. The molecule has 0 atom stereocenters. The predicted octanol–water partition coefficient (Wildman–Crippen LogP) is 4.48. The Bertz CT molecular complexity index is 1050. The van der Waals surface area contributed by atoms with Gasteiger partial charge in [0.2, 0.25) is 0 Å². The van der Waals surface area contributed by atoms with Crippen molar-refractivity contribution in [3.63, 3.8) is 0 Å². The van der Waals surface area contributed by atoms with Gasteiger partial charge < -0.3 is 10.2 Å². The van der Waals surface area contributed by atoms with Crippen molar-refractivity contribution in [1.29, 1.82) is 0 Å². The van der Waals surface area contributed by atoms with Crippen molar-refractivity contribution in [2.75, 3.05) is 0 Å². The SMILES string of the molecule is Cc1cc2c(=O)cc(-c3ccc(Cl)c(Cl)c3)oc2c(C(N)=O)c1C. The highest BCUT2D eigenvalue weighted by atomic mass is 35.5. The lowest BCUT2D eigenvalue weighted by atomic mass is 9.98. The van der Waals surface area contributed by atoms with E-state index in [1.807, 2.05) is 6.92 Å². The second-order valence-corrected chi connectivity index (χ2v) is 6.35. The summed E-state index contributed by atoms with van der Waals surface area (Å²) in [6.07, 6.45) is 0. The molecule has 1 amide bonds. The van der Waals surface area contributed by atoms with E-state index in [1.165, 1.54) is 6.07 Å². The number of halogens is 2. The number of carbonyl (C=O) groups is 1. The lowest BCUT2D eigenvalue weighted by molar-refractivity contribution is 0.100. The zero-order valence-electron chi connectivity index (χ0n) is 12.9. The average Bonchev–Trinajstić information content (AvgIpc) is 2.51. The summed E-state index contributed by atoms with van der Waals surface area (Å²) in [4.78, 5) is 24.4. The van der Waals surface area contributed by atoms with Crippen LogP contribution in [0.25, 0.3) is 22.3 Å². The molecule has 3 aromatic rings. The van der Waals surface area contributed by atoms with Crippen LogP contribution in [0.2, 0.25) is 10.0 Å². The summed E-state index contributed by atoms with van der Waals surface area (Å²) < 4.78 is 5.85. The van der Waals surface area contributed by atoms with Gasteiger partial charge in [0.1, 0.15) is 5.76 Å². The molecule has 3 rings (SSSR count). The smallest absolute Gasteiger partial charge is 0.252 e. The van der Waals surface area contributed by atoms with Crippen LogP contribution in [-0.4, -0.2) is 5.91 Å². The van der Waals surface area contributed by atoms with Crippen LogP contribution in [0.1, 0.15) is 21.5 Å². The van der Waals surface area contributed by atoms with Crippen LogP contribution in [0.15, 0.2) is 39.5 Å². The number of carbonyl (C=O) groups excluding carboxylic acids is 1. The van der Waals surface area contributed by atoms with Crippen molar-refractivity contribution in [2.24, 2.45) is 5.73 Å². The molecule has 24 heavy (non-hydrogen) atoms. The maximum atomic E-state index is 12.5. The van der Waals surface area contributed by atoms with Gasteiger partial charge in [-0.1, -0.05) is 23.2 Å². The molecule has 1 heterocycles. The van der Waals surface area contributed by atoms with E-state index in [1.54, 1.807) is 31.2 Å². The van der Waals surface area contributed by atoms with E-state index in [4.69, 9.17) is 33.4 Å². The normalized spacial score (nSPS) is 11.0. The number of rotatable bonds is 2. The molecule has 0 spiro atoms. The van der Waals surface area contributed by atoms with Crippen molar-refractivity contribution in [3.8, 4) is 11.3 Å². The molecular formula is C18H13Cl2NO3. The number of fused-ring (bicyclic) bond motifs is 1. The summed E-state index contributed by atoms with van der Waals surface area (Å²) in [7, 11) is 0. The minimum absolute atomic E-state index is 0.180. The fourth-order valence-corrected chi connectivity index (χ4v) is 2.90. The van der Waals surface area contributed by atoms with Gasteiger partial charge in [0.15, 0.2) is 11.0 Å². The molecule has 4 nitrogen and oxygen atoms in total. The third kappa shape index (κ3) is 2.68. The molecule has 0 saturated heterocycles. The van der Waals surface area contributed by atoms with Gasteiger partial charge in [0, 0.05) is 11.6 Å². The van der Waals surface area contributed by atoms with E-state index in [9.17, 15) is 9.59 Å². The van der Waals surface area contributed by atoms with Crippen LogP contribution in [0.5, 0.6) is 0 Å². The number of hydrogen-bond acceptors (Lipinski definition) is 3. The van der Waals surface area contributed by atoms with E-state index in [-0.39, 0.29) is 22.3 Å². The molecule has 122 valence electrons. The predicted molar refractivity (Wildman–Crippen MR) is 95.9 cm³/mol. The molecule has 0 bridgehead atoms.